The first-order valence-electron chi connectivity index (χ1n) is 4.64. The lowest BCUT2D eigenvalue weighted by Gasteiger charge is -2.17. The molecule has 4 heteroatoms. The van der Waals surface area contributed by atoms with E-state index in [9.17, 15) is 4.79 Å². The molecule has 1 aromatic heterocycles. The maximum atomic E-state index is 12.0. The number of nitrogens with zero attached hydrogens (tertiary/aromatic N) is 2. The second kappa shape index (κ2) is 4.90. The van der Waals surface area contributed by atoms with Crippen LogP contribution in [0, 0.1) is 12.3 Å². The van der Waals surface area contributed by atoms with Gasteiger partial charge in [0.2, 0.25) is 0 Å². The van der Waals surface area contributed by atoms with Crippen LogP contribution in [0.25, 0.3) is 0 Å². The molecule has 1 aromatic rings. The smallest absolute Gasteiger partial charge is 0.271 e. The van der Waals surface area contributed by atoms with Crippen LogP contribution in [0.1, 0.15) is 17.4 Å². The molecule has 0 radical (unpaired) electrons. The Kier molecular flexibility index (Phi) is 3.81. The van der Waals surface area contributed by atoms with E-state index in [4.69, 9.17) is 18.0 Å². The van der Waals surface area contributed by atoms with E-state index < -0.39 is 0 Å². The Morgan fingerprint density at radius 2 is 2.40 bits per heavy atom. The fourth-order valence-corrected chi connectivity index (χ4v) is 1.59. The zero-order valence-electron chi connectivity index (χ0n) is 8.83. The molecular weight excluding hydrogens is 212 g/mol. The zero-order chi connectivity index (χ0) is 11.4. The number of halogens is 1. The van der Waals surface area contributed by atoms with Crippen molar-refractivity contribution < 1.29 is 4.79 Å². The highest BCUT2D eigenvalue weighted by molar-refractivity contribution is 6.31. The van der Waals surface area contributed by atoms with Gasteiger partial charge in [0.25, 0.3) is 5.91 Å². The minimum Gasteiger partial charge on any atom is -0.345 e. The zero-order valence-corrected chi connectivity index (χ0v) is 9.58. The van der Waals surface area contributed by atoms with Crippen LogP contribution in [-0.2, 0) is 7.05 Å². The van der Waals surface area contributed by atoms with E-state index in [-0.39, 0.29) is 5.91 Å². The molecule has 0 aliphatic rings. The first kappa shape index (κ1) is 11.7. The number of aryl methyl sites for hydroxylation is 1. The van der Waals surface area contributed by atoms with Crippen molar-refractivity contribution in [2.24, 2.45) is 7.05 Å². The average Bonchev–Trinajstić information content (AvgIpc) is 2.53. The van der Waals surface area contributed by atoms with Crippen molar-refractivity contribution in [3.63, 3.8) is 0 Å². The molecule has 1 rings (SSSR count). The number of carbonyl (C=O) groups is 1. The van der Waals surface area contributed by atoms with Crippen LogP contribution in [0.4, 0.5) is 0 Å². The molecular formula is C11H13ClN2O. The quantitative estimate of drug-likeness (QED) is 0.719. The summed E-state index contributed by atoms with van der Waals surface area (Å²) in [5.41, 5.74) is 0.553. The summed E-state index contributed by atoms with van der Waals surface area (Å²) in [6.45, 7) is 2.80. The van der Waals surface area contributed by atoms with Gasteiger partial charge in [0, 0.05) is 19.8 Å². The molecule has 0 spiro atoms. The molecule has 0 atom stereocenters. The van der Waals surface area contributed by atoms with Crippen LogP contribution in [0.2, 0.25) is 5.02 Å². The van der Waals surface area contributed by atoms with Crippen LogP contribution < -0.4 is 0 Å². The van der Waals surface area contributed by atoms with Gasteiger partial charge in [-0.2, -0.15) is 0 Å². The lowest BCUT2D eigenvalue weighted by molar-refractivity contribution is 0.0775. The molecule has 15 heavy (non-hydrogen) atoms. The minimum atomic E-state index is -0.0927. The largest absolute Gasteiger partial charge is 0.345 e. The summed E-state index contributed by atoms with van der Waals surface area (Å²) in [5.74, 6) is 2.37. The summed E-state index contributed by atoms with van der Waals surface area (Å²) < 4.78 is 1.70. The predicted molar refractivity (Wildman–Crippen MR) is 60.8 cm³/mol. The van der Waals surface area contributed by atoms with E-state index in [0.29, 0.717) is 23.8 Å². The van der Waals surface area contributed by atoms with Gasteiger partial charge in [0.1, 0.15) is 5.69 Å². The highest BCUT2D eigenvalue weighted by Crippen LogP contribution is 2.14. The second-order valence-corrected chi connectivity index (χ2v) is 3.61. The van der Waals surface area contributed by atoms with E-state index in [2.05, 4.69) is 5.92 Å². The third-order valence-electron chi connectivity index (χ3n) is 2.14. The molecule has 0 saturated carbocycles. The van der Waals surface area contributed by atoms with Crippen LogP contribution in [0.5, 0.6) is 0 Å². The van der Waals surface area contributed by atoms with Crippen molar-refractivity contribution in [2.45, 2.75) is 6.92 Å². The molecule has 3 nitrogen and oxygen atoms in total. The number of carbonyl (C=O) groups excluding carboxylic acids is 1. The first-order valence-corrected chi connectivity index (χ1v) is 5.02. The minimum absolute atomic E-state index is 0.0927. The number of rotatable bonds is 3. The van der Waals surface area contributed by atoms with E-state index >= 15 is 0 Å². The van der Waals surface area contributed by atoms with Gasteiger partial charge in [-0.3, -0.25) is 4.79 Å². The van der Waals surface area contributed by atoms with Gasteiger partial charge in [-0.25, -0.2) is 0 Å². The van der Waals surface area contributed by atoms with Crippen molar-refractivity contribution in [3.8, 4) is 12.3 Å². The Labute approximate surface area is 94.6 Å². The van der Waals surface area contributed by atoms with Gasteiger partial charge in [-0.05, 0) is 13.0 Å². The maximum absolute atomic E-state index is 12.0. The first-order chi connectivity index (χ1) is 7.10. The van der Waals surface area contributed by atoms with Crippen molar-refractivity contribution in [3.05, 3.63) is 23.0 Å². The summed E-state index contributed by atoms with van der Waals surface area (Å²) >= 11 is 5.80. The molecule has 0 bridgehead atoms. The number of amides is 1. The highest BCUT2D eigenvalue weighted by Gasteiger charge is 2.16. The van der Waals surface area contributed by atoms with Gasteiger partial charge in [0.05, 0.1) is 11.6 Å². The fourth-order valence-electron chi connectivity index (χ4n) is 1.34. The molecule has 0 unspecified atom stereocenters. The van der Waals surface area contributed by atoms with Crippen molar-refractivity contribution in [1.82, 2.24) is 9.47 Å². The monoisotopic (exact) mass is 224 g/mol. The number of hydrogen-bond donors (Lipinski definition) is 0. The van der Waals surface area contributed by atoms with Crippen LogP contribution in [-0.4, -0.2) is 28.5 Å². The standard InChI is InChI=1S/C11H13ClN2O/c1-4-6-14(5-2)11(15)10-7-9(12)8-13(10)3/h1,7-8H,5-6H2,2-3H3. The Bertz CT molecular complexity index is 403. The Morgan fingerprint density at radius 3 is 2.80 bits per heavy atom. The Hall–Kier alpha value is -1.40. The molecule has 1 amide bonds. The second-order valence-electron chi connectivity index (χ2n) is 3.18. The molecule has 0 aliphatic heterocycles. The molecule has 0 N–H and O–H groups in total. The Morgan fingerprint density at radius 1 is 1.73 bits per heavy atom. The van der Waals surface area contributed by atoms with E-state index in [1.807, 2.05) is 6.92 Å². The van der Waals surface area contributed by atoms with Gasteiger partial charge < -0.3 is 9.47 Å². The summed E-state index contributed by atoms with van der Waals surface area (Å²) in [4.78, 5) is 13.5. The predicted octanol–water partition coefficient (Wildman–Crippen LogP) is 1.77. The maximum Gasteiger partial charge on any atom is 0.271 e. The van der Waals surface area contributed by atoms with E-state index in [1.165, 1.54) is 0 Å². The summed E-state index contributed by atoms with van der Waals surface area (Å²) in [7, 11) is 1.78. The number of hydrogen-bond acceptors (Lipinski definition) is 1. The van der Waals surface area contributed by atoms with Crippen molar-refractivity contribution in [2.75, 3.05) is 13.1 Å². The third kappa shape index (κ3) is 2.54. The van der Waals surface area contributed by atoms with Crippen molar-refractivity contribution >= 4 is 17.5 Å². The number of terminal acetylenes is 1. The highest BCUT2D eigenvalue weighted by atomic mass is 35.5. The topological polar surface area (TPSA) is 25.2 Å². The third-order valence-corrected chi connectivity index (χ3v) is 2.35. The van der Waals surface area contributed by atoms with Crippen LogP contribution in [0.3, 0.4) is 0 Å². The molecule has 0 aliphatic carbocycles. The normalized spacial score (nSPS) is 9.73. The molecule has 80 valence electrons. The summed E-state index contributed by atoms with van der Waals surface area (Å²) in [5, 5.41) is 0.553. The van der Waals surface area contributed by atoms with E-state index in [0.717, 1.165) is 0 Å². The summed E-state index contributed by atoms with van der Waals surface area (Å²) in [6.07, 6.45) is 6.88. The molecule has 0 saturated heterocycles. The average molecular weight is 225 g/mol. The van der Waals surface area contributed by atoms with Gasteiger partial charge >= 0.3 is 0 Å². The molecule has 0 fully saturated rings. The Balaban J connectivity index is 2.93. The van der Waals surface area contributed by atoms with Crippen molar-refractivity contribution in [1.29, 1.82) is 0 Å². The number of aromatic nitrogens is 1. The fraction of sp³-hybridized carbons (Fsp3) is 0.364. The van der Waals surface area contributed by atoms with Crippen LogP contribution >= 0.6 is 11.6 Å². The summed E-state index contributed by atoms with van der Waals surface area (Å²) in [6, 6.07) is 1.64. The van der Waals surface area contributed by atoms with Crippen LogP contribution in [0.15, 0.2) is 12.3 Å². The molecule has 0 aromatic carbocycles. The van der Waals surface area contributed by atoms with Gasteiger partial charge in [-0.15, -0.1) is 6.42 Å². The lowest BCUT2D eigenvalue weighted by atomic mass is 10.3. The SMILES string of the molecule is C#CCN(CC)C(=O)c1cc(Cl)cn1C. The van der Waals surface area contributed by atoms with Gasteiger partial charge in [0.15, 0.2) is 0 Å². The molecule has 1 heterocycles. The lowest BCUT2D eigenvalue weighted by Crippen LogP contribution is -2.32. The van der Waals surface area contributed by atoms with Gasteiger partial charge in [-0.1, -0.05) is 17.5 Å². The van der Waals surface area contributed by atoms with E-state index in [1.54, 1.807) is 28.8 Å².